The van der Waals surface area contributed by atoms with E-state index in [4.69, 9.17) is 4.74 Å². The fraction of sp³-hybridized carbons (Fsp3) is 0.938. The number of likely N-dealkylation sites (N-methyl/N-ethyl adjacent to an activating group) is 1. The highest BCUT2D eigenvalue weighted by molar-refractivity contribution is 5.81. The minimum atomic E-state index is -0.489. The molecule has 0 bridgehead atoms. The zero-order chi connectivity index (χ0) is 15.5. The lowest BCUT2D eigenvalue weighted by molar-refractivity contribution is -0.151. The van der Waals surface area contributed by atoms with Gasteiger partial charge in [0.05, 0.1) is 7.11 Å². The second-order valence-corrected chi connectivity index (χ2v) is 6.77. The molecule has 0 radical (unpaired) electrons. The van der Waals surface area contributed by atoms with E-state index in [-0.39, 0.29) is 5.97 Å². The molecule has 1 aliphatic carbocycles. The zero-order valence-electron chi connectivity index (χ0n) is 14.0. The monoisotopic (exact) mass is 297 g/mol. The first kappa shape index (κ1) is 16.7. The lowest BCUT2D eigenvalue weighted by Gasteiger charge is -2.45. The van der Waals surface area contributed by atoms with E-state index in [0.29, 0.717) is 12.1 Å². The van der Waals surface area contributed by atoms with E-state index >= 15 is 0 Å². The number of hydrogen-bond acceptors (Lipinski definition) is 5. The molecule has 2 unspecified atom stereocenters. The number of ether oxygens (including phenoxy) is 1. The molecule has 0 amide bonds. The van der Waals surface area contributed by atoms with Crippen molar-refractivity contribution in [3.63, 3.8) is 0 Å². The van der Waals surface area contributed by atoms with Crippen LogP contribution < -0.4 is 5.32 Å². The molecule has 1 saturated heterocycles. The highest BCUT2D eigenvalue weighted by Crippen LogP contribution is 2.33. The molecule has 0 aromatic carbocycles. The SMILES string of the molecule is CNC1(C(=O)OC)CCCC(N(C)C2CCN(C)CC2)C1. The first-order chi connectivity index (χ1) is 10.0. The summed E-state index contributed by atoms with van der Waals surface area (Å²) in [7, 11) is 7.81. The molecule has 21 heavy (non-hydrogen) atoms. The van der Waals surface area contributed by atoms with Gasteiger partial charge in [-0.2, -0.15) is 0 Å². The van der Waals surface area contributed by atoms with Crippen molar-refractivity contribution >= 4 is 5.97 Å². The van der Waals surface area contributed by atoms with Crippen LogP contribution in [-0.2, 0) is 9.53 Å². The maximum absolute atomic E-state index is 12.2. The van der Waals surface area contributed by atoms with Crippen LogP contribution >= 0.6 is 0 Å². The third-order valence-electron chi connectivity index (χ3n) is 5.62. The zero-order valence-corrected chi connectivity index (χ0v) is 14.0. The Morgan fingerprint density at radius 1 is 1.29 bits per heavy atom. The lowest BCUT2D eigenvalue weighted by Crippen LogP contribution is -2.58. The van der Waals surface area contributed by atoms with Crippen molar-refractivity contribution in [1.82, 2.24) is 15.1 Å². The Kier molecular flexibility index (Phi) is 5.63. The highest BCUT2D eigenvalue weighted by atomic mass is 16.5. The number of hydrogen-bond donors (Lipinski definition) is 1. The molecule has 0 spiro atoms. The van der Waals surface area contributed by atoms with E-state index in [1.165, 1.54) is 39.5 Å². The Morgan fingerprint density at radius 3 is 2.52 bits per heavy atom. The fourth-order valence-corrected chi connectivity index (χ4v) is 4.00. The molecule has 1 aliphatic heterocycles. The normalized spacial score (nSPS) is 32.3. The van der Waals surface area contributed by atoms with Crippen molar-refractivity contribution in [2.75, 3.05) is 41.3 Å². The summed E-state index contributed by atoms with van der Waals surface area (Å²) in [6.07, 6.45) is 6.47. The van der Waals surface area contributed by atoms with Crippen LogP contribution in [0.5, 0.6) is 0 Å². The van der Waals surface area contributed by atoms with Gasteiger partial charge in [0.1, 0.15) is 5.54 Å². The van der Waals surface area contributed by atoms with Crippen molar-refractivity contribution in [3.8, 4) is 0 Å². The van der Waals surface area contributed by atoms with Crippen molar-refractivity contribution in [2.45, 2.75) is 56.1 Å². The van der Waals surface area contributed by atoms with Crippen LogP contribution in [0.3, 0.4) is 0 Å². The second kappa shape index (κ2) is 7.07. The van der Waals surface area contributed by atoms with Crippen molar-refractivity contribution in [1.29, 1.82) is 0 Å². The van der Waals surface area contributed by atoms with E-state index < -0.39 is 5.54 Å². The second-order valence-electron chi connectivity index (χ2n) is 6.77. The number of rotatable bonds is 4. The Morgan fingerprint density at radius 2 is 1.95 bits per heavy atom. The quantitative estimate of drug-likeness (QED) is 0.787. The summed E-state index contributed by atoms with van der Waals surface area (Å²) in [5.74, 6) is -0.105. The van der Waals surface area contributed by atoms with Crippen molar-refractivity contribution < 1.29 is 9.53 Å². The number of piperidine rings is 1. The minimum absolute atomic E-state index is 0.105. The molecule has 0 aromatic heterocycles. The van der Waals surface area contributed by atoms with Gasteiger partial charge in [-0.05, 0) is 72.8 Å². The summed E-state index contributed by atoms with van der Waals surface area (Å²) in [6.45, 7) is 2.35. The van der Waals surface area contributed by atoms with Crippen LogP contribution in [0.2, 0.25) is 0 Å². The van der Waals surface area contributed by atoms with Gasteiger partial charge in [-0.15, -0.1) is 0 Å². The summed E-state index contributed by atoms with van der Waals surface area (Å²) < 4.78 is 5.04. The van der Waals surface area contributed by atoms with Gasteiger partial charge < -0.3 is 19.9 Å². The highest BCUT2D eigenvalue weighted by Gasteiger charge is 2.44. The molecule has 5 heteroatoms. The number of nitrogens with zero attached hydrogens (tertiary/aromatic N) is 2. The van der Waals surface area contributed by atoms with Crippen LogP contribution in [0.4, 0.5) is 0 Å². The van der Waals surface area contributed by atoms with E-state index in [9.17, 15) is 4.79 Å². The minimum Gasteiger partial charge on any atom is -0.468 e. The molecule has 1 N–H and O–H groups in total. The smallest absolute Gasteiger partial charge is 0.326 e. The van der Waals surface area contributed by atoms with E-state index in [0.717, 1.165) is 19.3 Å². The Bertz CT molecular complexity index is 355. The largest absolute Gasteiger partial charge is 0.468 e. The Balaban J connectivity index is 2.01. The van der Waals surface area contributed by atoms with Gasteiger partial charge in [0.25, 0.3) is 0 Å². The average molecular weight is 297 g/mol. The van der Waals surface area contributed by atoms with Crippen molar-refractivity contribution in [2.24, 2.45) is 0 Å². The third-order valence-corrected chi connectivity index (χ3v) is 5.62. The molecule has 122 valence electrons. The van der Waals surface area contributed by atoms with Crippen LogP contribution in [0.25, 0.3) is 0 Å². The van der Waals surface area contributed by atoms with Crippen molar-refractivity contribution in [3.05, 3.63) is 0 Å². The number of carbonyl (C=O) groups is 1. The molecule has 2 atom stereocenters. The summed E-state index contributed by atoms with van der Waals surface area (Å²) in [5.41, 5.74) is -0.489. The molecule has 0 aromatic rings. The summed E-state index contributed by atoms with van der Waals surface area (Å²) in [4.78, 5) is 17.1. The molecule has 2 rings (SSSR count). The van der Waals surface area contributed by atoms with E-state index in [2.05, 4.69) is 29.2 Å². The Hall–Kier alpha value is -0.650. The summed E-state index contributed by atoms with van der Waals surface area (Å²) >= 11 is 0. The van der Waals surface area contributed by atoms with Gasteiger partial charge in [0.2, 0.25) is 0 Å². The maximum Gasteiger partial charge on any atom is 0.326 e. The van der Waals surface area contributed by atoms with Gasteiger partial charge in [-0.25, -0.2) is 0 Å². The molecule has 1 saturated carbocycles. The molecule has 5 nitrogen and oxygen atoms in total. The van der Waals surface area contributed by atoms with Gasteiger partial charge in [-0.1, -0.05) is 0 Å². The van der Waals surface area contributed by atoms with E-state index in [1.54, 1.807) is 0 Å². The lowest BCUT2D eigenvalue weighted by atomic mass is 9.78. The number of nitrogens with one attached hydrogen (secondary N) is 1. The molecule has 2 aliphatic rings. The molecule has 1 heterocycles. The maximum atomic E-state index is 12.2. The third kappa shape index (κ3) is 3.58. The molecular formula is C16H31N3O2. The van der Waals surface area contributed by atoms with Gasteiger partial charge >= 0.3 is 5.97 Å². The summed E-state index contributed by atoms with van der Waals surface area (Å²) in [5, 5.41) is 3.25. The van der Waals surface area contributed by atoms with Crippen LogP contribution in [0, 0.1) is 0 Å². The molecular weight excluding hydrogens is 266 g/mol. The van der Waals surface area contributed by atoms with Crippen LogP contribution in [0.1, 0.15) is 38.5 Å². The van der Waals surface area contributed by atoms with Gasteiger partial charge in [0, 0.05) is 12.1 Å². The topological polar surface area (TPSA) is 44.8 Å². The summed E-state index contributed by atoms with van der Waals surface area (Å²) in [6, 6.07) is 1.12. The standard InChI is InChI=1S/C16H31N3O2/c1-17-16(15(20)21-4)9-5-6-14(12-16)19(3)13-7-10-18(2)11-8-13/h13-14,17H,5-12H2,1-4H3. The predicted molar refractivity (Wildman–Crippen MR) is 84.3 cm³/mol. The van der Waals surface area contributed by atoms with Crippen LogP contribution in [0.15, 0.2) is 0 Å². The number of carbonyl (C=O) groups excluding carboxylic acids is 1. The predicted octanol–water partition coefficient (Wildman–Crippen LogP) is 1.09. The number of likely N-dealkylation sites (tertiary alicyclic amines) is 1. The number of methoxy groups -OCH3 is 1. The molecule has 2 fully saturated rings. The first-order valence-electron chi connectivity index (χ1n) is 8.20. The average Bonchev–Trinajstić information content (AvgIpc) is 2.54. The van der Waals surface area contributed by atoms with Crippen LogP contribution in [-0.4, -0.2) is 74.7 Å². The number of esters is 1. The first-order valence-corrected chi connectivity index (χ1v) is 8.20. The van der Waals surface area contributed by atoms with Gasteiger partial charge in [-0.3, -0.25) is 4.79 Å². The van der Waals surface area contributed by atoms with Gasteiger partial charge in [0.15, 0.2) is 0 Å². The Labute approximate surface area is 129 Å². The van der Waals surface area contributed by atoms with E-state index in [1.807, 2.05) is 7.05 Å². The fourth-order valence-electron chi connectivity index (χ4n) is 4.00.